The fourth-order valence-corrected chi connectivity index (χ4v) is 0.371. The fourth-order valence-electron chi connectivity index (χ4n) is 0.371. The van der Waals surface area contributed by atoms with E-state index in [9.17, 15) is 9.18 Å². The summed E-state index contributed by atoms with van der Waals surface area (Å²) >= 11 is 0. The quantitative estimate of drug-likeness (QED) is 0.575. The number of carbonyl (C=O) groups excluding carboxylic acids is 1. The van der Waals surface area contributed by atoms with Crippen molar-refractivity contribution in [2.75, 3.05) is 13.2 Å². The summed E-state index contributed by atoms with van der Waals surface area (Å²) in [5.74, 6) is -0.213. The molecular weight excluding hydrogens is 109 g/mol. The van der Waals surface area contributed by atoms with E-state index in [0.717, 1.165) is 0 Å². The molecule has 1 N–H and O–H groups in total. The highest BCUT2D eigenvalue weighted by atomic mass is 19.1. The van der Waals surface area contributed by atoms with Crippen LogP contribution in [0.3, 0.4) is 0 Å². The summed E-state index contributed by atoms with van der Waals surface area (Å²) in [7, 11) is 0. The molecule has 0 aliphatic heterocycles. The topological polar surface area (TPSA) is 29.1 Å². The predicted octanol–water partition coefficient (Wildman–Crippen LogP) is 0.482. The van der Waals surface area contributed by atoms with Gasteiger partial charge in [-0.25, -0.2) is 0 Å². The third-order valence-electron chi connectivity index (χ3n) is 0.695. The summed E-state index contributed by atoms with van der Waals surface area (Å²) in [6, 6.07) is 0. The van der Waals surface area contributed by atoms with E-state index < -0.39 is 6.67 Å². The molecule has 0 radical (unpaired) electrons. The lowest BCUT2D eigenvalue weighted by Crippen LogP contribution is -2.22. The molecule has 0 fully saturated rings. The highest BCUT2D eigenvalue weighted by molar-refractivity contribution is 5.75. The molecule has 2 nitrogen and oxygen atoms in total. The van der Waals surface area contributed by atoms with Gasteiger partial charge < -0.3 is 5.32 Å². The monoisotopic (exact) mass is 119 g/mol. The zero-order valence-electron chi connectivity index (χ0n) is 4.91. The molecule has 3 heteroatoms. The Morgan fingerprint density at radius 2 is 2.38 bits per heavy atom. The van der Waals surface area contributed by atoms with Gasteiger partial charge in [0.15, 0.2) is 0 Å². The smallest absolute Gasteiger partial charge is 0.222 e. The van der Waals surface area contributed by atoms with Gasteiger partial charge in [-0.1, -0.05) is 0 Å². The number of hydrogen-bond acceptors (Lipinski definition) is 1. The third kappa shape index (κ3) is 3.59. The van der Waals surface area contributed by atoms with E-state index in [2.05, 4.69) is 5.32 Å². The standard InChI is InChI=1S/C5H10FNO/c1-2-7-5(8)3-4-6/h2-4H2,1H3,(H,7,8). The van der Waals surface area contributed by atoms with Gasteiger partial charge in [0.2, 0.25) is 5.91 Å². The van der Waals surface area contributed by atoms with Crippen molar-refractivity contribution < 1.29 is 9.18 Å². The van der Waals surface area contributed by atoms with E-state index in [4.69, 9.17) is 0 Å². The molecule has 0 aromatic heterocycles. The summed E-state index contributed by atoms with van der Waals surface area (Å²) < 4.78 is 11.3. The van der Waals surface area contributed by atoms with Crippen molar-refractivity contribution >= 4 is 5.91 Å². The SMILES string of the molecule is CCNC(=O)CCF. The summed E-state index contributed by atoms with van der Waals surface area (Å²) in [6.45, 7) is 1.82. The lowest BCUT2D eigenvalue weighted by atomic mass is 10.4. The zero-order valence-corrected chi connectivity index (χ0v) is 4.91. The Labute approximate surface area is 48.1 Å². The van der Waals surface area contributed by atoms with Crippen molar-refractivity contribution in [2.45, 2.75) is 13.3 Å². The van der Waals surface area contributed by atoms with Crippen molar-refractivity contribution in [2.24, 2.45) is 0 Å². The first-order chi connectivity index (χ1) is 3.81. The number of amides is 1. The molecule has 1 amide bonds. The van der Waals surface area contributed by atoms with Crippen molar-refractivity contribution in [3.8, 4) is 0 Å². The van der Waals surface area contributed by atoms with Gasteiger partial charge in [0, 0.05) is 6.54 Å². The van der Waals surface area contributed by atoms with Crippen LogP contribution in [0.2, 0.25) is 0 Å². The van der Waals surface area contributed by atoms with Crippen molar-refractivity contribution in [3.63, 3.8) is 0 Å². The van der Waals surface area contributed by atoms with Crippen molar-refractivity contribution in [3.05, 3.63) is 0 Å². The number of hydrogen-bond donors (Lipinski definition) is 1. The van der Waals surface area contributed by atoms with Gasteiger partial charge in [0.1, 0.15) is 0 Å². The fraction of sp³-hybridized carbons (Fsp3) is 0.800. The van der Waals surface area contributed by atoms with E-state index >= 15 is 0 Å². The van der Waals surface area contributed by atoms with Crippen LogP contribution in [-0.2, 0) is 4.79 Å². The molecule has 0 aromatic carbocycles. The zero-order chi connectivity index (χ0) is 6.41. The van der Waals surface area contributed by atoms with E-state index in [1.165, 1.54) is 0 Å². The molecule has 0 saturated carbocycles. The molecular formula is C5H10FNO. The minimum Gasteiger partial charge on any atom is -0.356 e. The minimum atomic E-state index is -0.564. The lowest BCUT2D eigenvalue weighted by Gasteiger charge is -1.95. The Balaban J connectivity index is 3.06. The third-order valence-corrected chi connectivity index (χ3v) is 0.695. The number of halogens is 1. The second-order valence-electron chi connectivity index (χ2n) is 1.39. The first kappa shape index (κ1) is 7.40. The second-order valence-corrected chi connectivity index (χ2v) is 1.39. The molecule has 0 aliphatic carbocycles. The van der Waals surface area contributed by atoms with E-state index in [0.29, 0.717) is 6.54 Å². The van der Waals surface area contributed by atoms with Gasteiger partial charge >= 0.3 is 0 Å². The van der Waals surface area contributed by atoms with Crippen LogP contribution in [-0.4, -0.2) is 19.1 Å². The minimum absolute atomic E-state index is 0.00611. The van der Waals surface area contributed by atoms with Crippen LogP contribution in [0, 0.1) is 0 Å². The normalized spacial score (nSPS) is 8.75. The first-order valence-electron chi connectivity index (χ1n) is 2.64. The lowest BCUT2D eigenvalue weighted by molar-refractivity contribution is -0.121. The Morgan fingerprint density at radius 1 is 1.75 bits per heavy atom. The van der Waals surface area contributed by atoms with Gasteiger partial charge in [-0.2, -0.15) is 0 Å². The van der Waals surface area contributed by atoms with Gasteiger partial charge in [-0.3, -0.25) is 9.18 Å². The summed E-state index contributed by atoms with van der Waals surface area (Å²) in [5, 5.41) is 2.47. The Morgan fingerprint density at radius 3 is 2.75 bits per heavy atom. The highest BCUT2D eigenvalue weighted by Crippen LogP contribution is 1.78. The molecule has 0 aromatic rings. The Bertz CT molecular complexity index is 66.8. The second kappa shape index (κ2) is 4.56. The first-order valence-corrected chi connectivity index (χ1v) is 2.64. The average molecular weight is 119 g/mol. The van der Waals surface area contributed by atoms with Crippen LogP contribution in [0.1, 0.15) is 13.3 Å². The van der Waals surface area contributed by atoms with Gasteiger partial charge in [0.05, 0.1) is 13.1 Å². The van der Waals surface area contributed by atoms with Gasteiger partial charge in [-0.05, 0) is 6.92 Å². The number of rotatable bonds is 3. The maximum absolute atomic E-state index is 11.3. The average Bonchev–Trinajstić information content (AvgIpc) is 1.68. The summed E-state index contributed by atoms with van der Waals surface area (Å²) in [6.07, 6.45) is -0.00611. The van der Waals surface area contributed by atoms with E-state index in [-0.39, 0.29) is 12.3 Å². The molecule has 0 heterocycles. The molecule has 48 valence electrons. The van der Waals surface area contributed by atoms with Gasteiger partial charge in [-0.15, -0.1) is 0 Å². The maximum atomic E-state index is 11.3. The van der Waals surface area contributed by atoms with E-state index in [1.807, 2.05) is 0 Å². The molecule has 8 heavy (non-hydrogen) atoms. The van der Waals surface area contributed by atoms with Crippen LogP contribution in [0.15, 0.2) is 0 Å². The van der Waals surface area contributed by atoms with Crippen LogP contribution >= 0.6 is 0 Å². The number of alkyl halides is 1. The van der Waals surface area contributed by atoms with Gasteiger partial charge in [0.25, 0.3) is 0 Å². The van der Waals surface area contributed by atoms with Crippen molar-refractivity contribution in [1.29, 1.82) is 0 Å². The maximum Gasteiger partial charge on any atom is 0.222 e. The molecule has 0 atom stereocenters. The van der Waals surface area contributed by atoms with Crippen LogP contribution in [0.4, 0.5) is 4.39 Å². The molecule has 0 bridgehead atoms. The molecule has 0 spiro atoms. The molecule has 0 aliphatic rings. The van der Waals surface area contributed by atoms with E-state index in [1.54, 1.807) is 6.92 Å². The largest absolute Gasteiger partial charge is 0.356 e. The summed E-state index contributed by atoms with van der Waals surface area (Å²) in [4.78, 5) is 10.3. The highest BCUT2D eigenvalue weighted by Gasteiger charge is 1.94. The Kier molecular flexibility index (Phi) is 4.21. The van der Waals surface area contributed by atoms with Crippen LogP contribution in [0.5, 0.6) is 0 Å². The number of nitrogens with one attached hydrogen (secondary N) is 1. The van der Waals surface area contributed by atoms with Crippen molar-refractivity contribution in [1.82, 2.24) is 5.32 Å². The predicted molar refractivity (Wildman–Crippen MR) is 29.3 cm³/mol. The Hall–Kier alpha value is -0.600. The summed E-state index contributed by atoms with van der Waals surface area (Å²) in [5.41, 5.74) is 0. The molecule has 0 saturated heterocycles. The molecule has 0 unspecified atom stereocenters. The van der Waals surface area contributed by atoms with Crippen LogP contribution < -0.4 is 5.32 Å². The molecule has 0 rings (SSSR count). The van der Waals surface area contributed by atoms with Crippen LogP contribution in [0.25, 0.3) is 0 Å². The number of carbonyl (C=O) groups is 1.